The maximum absolute atomic E-state index is 12.0. The fourth-order valence-corrected chi connectivity index (χ4v) is 1.90. The van der Waals surface area contributed by atoms with Crippen molar-refractivity contribution in [2.24, 2.45) is 0 Å². The number of amides is 1. The van der Waals surface area contributed by atoms with E-state index in [2.05, 4.69) is 15.6 Å². The van der Waals surface area contributed by atoms with Crippen LogP contribution in [-0.2, 0) is 16.1 Å². The lowest BCUT2D eigenvalue weighted by molar-refractivity contribution is -0.116. The molecule has 116 valence electrons. The van der Waals surface area contributed by atoms with Gasteiger partial charge in [0.15, 0.2) is 5.69 Å². The summed E-state index contributed by atoms with van der Waals surface area (Å²) in [6.45, 7) is 5.87. The first-order valence-electron chi connectivity index (χ1n) is 6.94. The molecule has 0 aliphatic heterocycles. The number of carbonyl (C=O) groups is 2. The Morgan fingerprint density at radius 1 is 1.32 bits per heavy atom. The van der Waals surface area contributed by atoms with Crippen molar-refractivity contribution in [3.05, 3.63) is 41.2 Å². The molecule has 0 bridgehead atoms. The van der Waals surface area contributed by atoms with Crippen molar-refractivity contribution in [1.82, 2.24) is 15.0 Å². The fourth-order valence-electron chi connectivity index (χ4n) is 1.90. The maximum atomic E-state index is 12.0. The van der Waals surface area contributed by atoms with Gasteiger partial charge in [-0.2, -0.15) is 0 Å². The summed E-state index contributed by atoms with van der Waals surface area (Å²) in [4.78, 5) is 23.5. The number of ether oxygens (including phenoxy) is 1. The number of anilines is 1. The van der Waals surface area contributed by atoms with Crippen LogP contribution in [0.3, 0.4) is 0 Å². The zero-order chi connectivity index (χ0) is 16.1. The van der Waals surface area contributed by atoms with Crippen LogP contribution in [0.2, 0.25) is 0 Å². The monoisotopic (exact) mass is 302 g/mol. The van der Waals surface area contributed by atoms with Gasteiger partial charge in [-0.05, 0) is 38.0 Å². The van der Waals surface area contributed by atoms with Gasteiger partial charge in [-0.3, -0.25) is 4.79 Å². The molecule has 1 amide bonds. The number of benzene rings is 1. The van der Waals surface area contributed by atoms with Crippen molar-refractivity contribution in [3.63, 3.8) is 0 Å². The van der Waals surface area contributed by atoms with E-state index < -0.39 is 5.97 Å². The molecule has 0 fully saturated rings. The summed E-state index contributed by atoms with van der Waals surface area (Å²) in [5.41, 5.74) is 2.96. The Morgan fingerprint density at radius 3 is 2.82 bits per heavy atom. The zero-order valence-electron chi connectivity index (χ0n) is 12.8. The molecule has 0 saturated carbocycles. The van der Waals surface area contributed by atoms with Crippen LogP contribution in [0.4, 0.5) is 5.69 Å². The molecule has 0 aliphatic rings. The number of rotatable bonds is 5. The molecule has 1 aromatic heterocycles. The molecule has 0 radical (unpaired) electrons. The summed E-state index contributed by atoms with van der Waals surface area (Å²) in [6, 6.07) is 5.70. The van der Waals surface area contributed by atoms with Gasteiger partial charge in [-0.25, -0.2) is 9.48 Å². The fraction of sp³-hybridized carbons (Fsp3) is 0.333. The van der Waals surface area contributed by atoms with Crippen molar-refractivity contribution in [1.29, 1.82) is 0 Å². The SMILES string of the molecule is CCOC(=O)c1cn(CC(=O)Nc2cccc(C)c2C)nn1. The number of carbonyl (C=O) groups excluding carboxylic acids is 2. The third kappa shape index (κ3) is 3.69. The predicted molar refractivity (Wildman–Crippen MR) is 80.5 cm³/mol. The van der Waals surface area contributed by atoms with Crippen LogP contribution < -0.4 is 5.32 Å². The van der Waals surface area contributed by atoms with Gasteiger partial charge >= 0.3 is 5.97 Å². The van der Waals surface area contributed by atoms with E-state index in [0.717, 1.165) is 16.8 Å². The molecule has 0 unspecified atom stereocenters. The zero-order valence-corrected chi connectivity index (χ0v) is 12.8. The molecule has 1 aromatic carbocycles. The molecule has 7 nitrogen and oxygen atoms in total. The summed E-state index contributed by atoms with van der Waals surface area (Å²) >= 11 is 0. The van der Waals surface area contributed by atoms with E-state index in [9.17, 15) is 9.59 Å². The Labute approximate surface area is 128 Å². The van der Waals surface area contributed by atoms with Crippen molar-refractivity contribution in [3.8, 4) is 0 Å². The molecular formula is C15H18N4O3. The minimum atomic E-state index is -0.552. The van der Waals surface area contributed by atoms with E-state index in [-0.39, 0.29) is 24.8 Å². The van der Waals surface area contributed by atoms with Crippen molar-refractivity contribution in [2.45, 2.75) is 27.3 Å². The van der Waals surface area contributed by atoms with Gasteiger partial charge < -0.3 is 10.1 Å². The molecule has 2 aromatic rings. The topological polar surface area (TPSA) is 86.1 Å². The molecule has 1 N–H and O–H groups in total. The van der Waals surface area contributed by atoms with Crippen LogP contribution in [0, 0.1) is 13.8 Å². The number of hydrogen-bond acceptors (Lipinski definition) is 5. The molecule has 22 heavy (non-hydrogen) atoms. The summed E-state index contributed by atoms with van der Waals surface area (Å²) in [7, 11) is 0. The van der Waals surface area contributed by atoms with Crippen LogP contribution in [0.1, 0.15) is 28.5 Å². The molecule has 1 heterocycles. The standard InChI is InChI=1S/C15H18N4O3/c1-4-22-15(21)13-8-19(18-17-13)9-14(20)16-12-7-5-6-10(2)11(12)3/h5-8H,4,9H2,1-3H3,(H,16,20). The highest BCUT2D eigenvalue weighted by Crippen LogP contribution is 2.17. The molecule has 0 saturated heterocycles. The number of hydrogen-bond donors (Lipinski definition) is 1. The average Bonchev–Trinajstić information content (AvgIpc) is 2.92. The lowest BCUT2D eigenvalue weighted by Crippen LogP contribution is -2.19. The normalized spacial score (nSPS) is 10.3. The van der Waals surface area contributed by atoms with Crippen LogP contribution in [-0.4, -0.2) is 33.5 Å². The highest BCUT2D eigenvalue weighted by molar-refractivity contribution is 5.91. The quantitative estimate of drug-likeness (QED) is 0.850. The Hall–Kier alpha value is -2.70. The van der Waals surface area contributed by atoms with Gasteiger partial charge in [0.25, 0.3) is 0 Å². The molecule has 0 atom stereocenters. The summed E-state index contributed by atoms with van der Waals surface area (Å²) in [5, 5.41) is 10.3. The van der Waals surface area contributed by atoms with E-state index in [1.54, 1.807) is 6.92 Å². The Balaban J connectivity index is 2.00. The number of nitrogens with one attached hydrogen (secondary N) is 1. The van der Waals surface area contributed by atoms with Crippen molar-refractivity contribution in [2.75, 3.05) is 11.9 Å². The van der Waals surface area contributed by atoms with Crippen LogP contribution in [0.25, 0.3) is 0 Å². The van der Waals surface area contributed by atoms with Gasteiger partial charge in [0, 0.05) is 5.69 Å². The Kier molecular flexibility index (Phi) is 4.88. The van der Waals surface area contributed by atoms with Crippen molar-refractivity contribution < 1.29 is 14.3 Å². The minimum absolute atomic E-state index is 0.0280. The third-order valence-electron chi connectivity index (χ3n) is 3.21. The summed E-state index contributed by atoms with van der Waals surface area (Å²) < 4.78 is 6.11. The van der Waals surface area contributed by atoms with E-state index in [1.165, 1.54) is 10.9 Å². The van der Waals surface area contributed by atoms with Gasteiger partial charge in [0.05, 0.1) is 12.8 Å². The minimum Gasteiger partial charge on any atom is -0.461 e. The lowest BCUT2D eigenvalue weighted by Gasteiger charge is -2.10. The lowest BCUT2D eigenvalue weighted by atomic mass is 10.1. The average molecular weight is 302 g/mol. The molecular weight excluding hydrogens is 284 g/mol. The molecule has 0 spiro atoms. The molecule has 2 rings (SSSR count). The Morgan fingerprint density at radius 2 is 2.09 bits per heavy atom. The summed E-state index contributed by atoms with van der Waals surface area (Å²) in [5.74, 6) is -0.794. The van der Waals surface area contributed by atoms with E-state index >= 15 is 0 Å². The maximum Gasteiger partial charge on any atom is 0.360 e. The first-order chi connectivity index (χ1) is 10.5. The van der Waals surface area contributed by atoms with E-state index in [1.807, 2.05) is 32.0 Å². The highest BCUT2D eigenvalue weighted by atomic mass is 16.5. The van der Waals surface area contributed by atoms with Crippen LogP contribution >= 0.6 is 0 Å². The second-order valence-corrected chi connectivity index (χ2v) is 4.82. The van der Waals surface area contributed by atoms with Crippen molar-refractivity contribution >= 4 is 17.6 Å². The molecule has 7 heteroatoms. The van der Waals surface area contributed by atoms with E-state index in [4.69, 9.17) is 4.74 Å². The second kappa shape index (κ2) is 6.84. The number of esters is 1. The van der Waals surface area contributed by atoms with Crippen LogP contribution in [0.15, 0.2) is 24.4 Å². The summed E-state index contributed by atoms with van der Waals surface area (Å²) in [6.07, 6.45) is 1.39. The largest absolute Gasteiger partial charge is 0.461 e. The number of aryl methyl sites for hydroxylation is 1. The third-order valence-corrected chi connectivity index (χ3v) is 3.21. The first-order valence-corrected chi connectivity index (χ1v) is 6.94. The highest BCUT2D eigenvalue weighted by Gasteiger charge is 2.13. The van der Waals surface area contributed by atoms with Crippen LogP contribution in [0.5, 0.6) is 0 Å². The van der Waals surface area contributed by atoms with Gasteiger partial charge in [-0.1, -0.05) is 17.3 Å². The van der Waals surface area contributed by atoms with E-state index in [0.29, 0.717) is 0 Å². The number of aromatic nitrogens is 3. The first kappa shape index (κ1) is 15.7. The number of nitrogens with zero attached hydrogens (tertiary/aromatic N) is 3. The van der Waals surface area contributed by atoms with Gasteiger partial charge in [0.1, 0.15) is 6.54 Å². The Bertz CT molecular complexity index is 694. The predicted octanol–water partition coefficient (Wildman–Crippen LogP) is 1.71. The second-order valence-electron chi connectivity index (χ2n) is 4.82. The smallest absolute Gasteiger partial charge is 0.360 e. The van der Waals surface area contributed by atoms with Gasteiger partial charge in [-0.15, -0.1) is 5.10 Å². The molecule has 0 aliphatic carbocycles. The van der Waals surface area contributed by atoms with Gasteiger partial charge in [0.2, 0.25) is 5.91 Å².